The van der Waals surface area contributed by atoms with Crippen LogP contribution in [0, 0.1) is 10.8 Å². The molecular weight excluding hydrogens is 436 g/mol. The number of hydrogen-bond donors (Lipinski definition) is 2. The van der Waals surface area contributed by atoms with E-state index in [1.165, 1.54) is 0 Å². The zero-order valence-electron chi connectivity index (χ0n) is 21.9. The topological polar surface area (TPSA) is 117 Å². The van der Waals surface area contributed by atoms with Gasteiger partial charge in [0, 0.05) is 0 Å². The smallest absolute Gasteiger partial charge is 0.408 e. The van der Waals surface area contributed by atoms with Crippen molar-refractivity contribution in [1.29, 1.82) is 0 Å². The van der Waals surface area contributed by atoms with Crippen molar-refractivity contribution in [3.63, 3.8) is 0 Å². The summed E-state index contributed by atoms with van der Waals surface area (Å²) in [7, 11) is 0. The largest absolute Gasteiger partial charge is 1.00 e. The van der Waals surface area contributed by atoms with E-state index in [0.29, 0.717) is 13.2 Å². The number of nitrogens with two attached hydrogens (primary N) is 1. The van der Waals surface area contributed by atoms with Crippen LogP contribution >= 0.6 is 0 Å². The molecule has 0 aromatic rings. The number of hydrogen-bond acceptors (Lipinski definition) is 7. The zero-order chi connectivity index (χ0) is 25.0. The van der Waals surface area contributed by atoms with Gasteiger partial charge in [-0.2, -0.15) is 0 Å². The van der Waals surface area contributed by atoms with Gasteiger partial charge in [0.05, 0.1) is 13.2 Å². The minimum atomic E-state index is -0.720. The second-order valence-corrected chi connectivity index (χ2v) is 10.4. The number of carbonyl (C=O) groups is 3. The third-order valence-corrected chi connectivity index (χ3v) is 4.58. The first-order valence-electron chi connectivity index (χ1n) is 10.9. The molecule has 0 aromatic heterocycles. The van der Waals surface area contributed by atoms with E-state index in [2.05, 4.69) is 26.1 Å². The Morgan fingerprint density at radius 3 is 1.50 bits per heavy atom. The van der Waals surface area contributed by atoms with E-state index < -0.39 is 29.7 Å². The van der Waals surface area contributed by atoms with Crippen molar-refractivity contribution in [3.8, 4) is 0 Å². The summed E-state index contributed by atoms with van der Waals surface area (Å²) in [5.41, 5.74) is 4.75. The van der Waals surface area contributed by atoms with Crippen LogP contribution in [0.25, 0.3) is 0 Å². The van der Waals surface area contributed by atoms with E-state index in [-0.39, 0.29) is 29.2 Å². The van der Waals surface area contributed by atoms with E-state index in [0.717, 1.165) is 12.8 Å². The summed E-state index contributed by atoms with van der Waals surface area (Å²) in [6.07, 6.45) is 1.28. The van der Waals surface area contributed by atoms with Crippen molar-refractivity contribution in [1.82, 2.24) is 5.32 Å². The Morgan fingerprint density at radius 2 is 1.19 bits per heavy atom. The lowest BCUT2D eigenvalue weighted by Crippen LogP contribution is -3.00. The van der Waals surface area contributed by atoms with Crippen molar-refractivity contribution in [2.45, 2.75) is 107 Å². The first-order chi connectivity index (χ1) is 13.9. The van der Waals surface area contributed by atoms with Crippen LogP contribution in [0.3, 0.4) is 0 Å². The maximum absolute atomic E-state index is 11.7. The highest BCUT2D eigenvalue weighted by Gasteiger charge is 2.24. The van der Waals surface area contributed by atoms with E-state index >= 15 is 0 Å². The summed E-state index contributed by atoms with van der Waals surface area (Å²) in [6.45, 7) is 21.5. The van der Waals surface area contributed by atoms with Crippen molar-refractivity contribution in [2.75, 3.05) is 13.2 Å². The number of ether oxygens (including phenoxy) is 3. The van der Waals surface area contributed by atoms with Crippen LogP contribution in [0.1, 0.15) is 89.0 Å². The average Bonchev–Trinajstić information content (AvgIpc) is 2.63. The highest BCUT2D eigenvalue weighted by atomic mass is 35.5. The van der Waals surface area contributed by atoms with Gasteiger partial charge < -0.3 is 37.7 Å². The summed E-state index contributed by atoms with van der Waals surface area (Å²) in [6, 6.07) is -1.24. The number of halogens is 1. The Morgan fingerprint density at radius 1 is 0.812 bits per heavy atom. The number of carbonyl (C=O) groups excluding carboxylic acids is 3. The lowest BCUT2D eigenvalue weighted by molar-refractivity contribution is -0.149. The van der Waals surface area contributed by atoms with Gasteiger partial charge in [-0.25, -0.2) is 9.59 Å². The predicted octanol–water partition coefficient (Wildman–Crippen LogP) is 1.20. The minimum Gasteiger partial charge on any atom is -1.00 e. The molecule has 32 heavy (non-hydrogen) atoms. The summed E-state index contributed by atoms with van der Waals surface area (Å²) in [5.74, 6) is -0.774. The Balaban J connectivity index is -0.000000561. The third kappa shape index (κ3) is 19.2. The van der Waals surface area contributed by atoms with Gasteiger partial charge in [-0.05, 0) is 58.3 Å². The standard InChI is InChI=1S/C14H27NO4.C9H19NO2.ClH/c1-8-14(6,7)9-18-11(16)10(2)15-12(17)19-13(3,4)5;1-5-9(3,4)6-12-8(11)7(2)10;/h10H,8-9H2,1-7H3,(H,15,17);7H,5-6,10H2,1-4H3;1H/p-1/t10-;7-;/m00./s1. The third-order valence-electron chi connectivity index (χ3n) is 4.58. The number of rotatable bonds is 9. The fraction of sp³-hybridized carbons (Fsp3) is 0.870. The first-order valence-corrected chi connectivity index (χ1v) is 10.9. The molecule has 0 saturated carbocycles. The van der Waals surface area contributed by atoms with E-state index in [1.54, 1.807) is 34.6 Å². The summed E-state index contributed by atoms with van der Waals surface area (Å²) >= 11 is 0. The summed E-state index contributed by atoms with van der Waals surface area (Å²) in [5, 5.41) is 2.45. The molecule has 0 aliphatic rings. The zero-order valence-corrected chi connectivity index (χ0v) is 22.6. The van der Waals surface area contributed by atoms with Crippen molar-refractivity contribution >= 4 is 18.0 Å². The molecule has 0 unspecified atom stereocenters. The molecule has 0 rings (SSSR count). The van der Waals surface area contributed by atoms with Crippen LogP contribution < -0.4 is 23.5 Å². The highest BCUT2D eigenvalue weighted by Crippen LogP contribution is 2.20. The number of nitrogens with one attached hydrogen (secondary N) is 1. The van der Waals surface area contributed by atoms with Crippen LogP contribution in [0.15, 0.2) is 0 Å². The van der Waals surface area contributed by atoms with Crippen molar-refractivity contribution < 1.29 is 41.0 Å². The van der Waals surface area contributed by atoms with Crippen molar-refractivity contribution in [3.05, 3.63) is 0 Å². The molecule has 0 saturated heterocycles. The van der Waals surface area contributed by atoms with Gasteiger partial charge in [-0.3, -0.25) is 4.79 Å². The maximum atomic E-state index is 11.7. The van der Waals surface area contributed by atoms with Crippen LogP contribution in [0.4, 0.5) is 4.79 Å². The van der Waals surface area contributed by atoms with Crippen LogP contribution in [0.2, 0.25) is 0 Å². The second-order valence-electron chi connectivity index (χ2n) is 10.4. The monoisotopic (exact) mass is 481 g/mol. The van der Waals surface area contributed by atoms with Gasteiger partial charge in [0.1, 0.15) is 17.7 Å². The number of esters is 2. The van der Waals surface area contributed by atoms with Crippen LogP contribution in [-0.2, 0) is 23.8 Å². The minimum absolute atomic E-state index is 0. The average molecular weight is 482 g/mol. The van der Waals surface area contributed by atoms with E-state index in [9.17, 15) is 14.4 Å². The predicted molar refractivity (Wildman–Crippen MR) is 123 cm³/mol. The maximum Gasteiger partial charge on any atom is 0.408 e. The molecule has 0 bridgehead atoms. The molecule has 192 valence electrons. The van der Waals surface area contributed by atoms with E-state index in [4.69, 9.17) is 19.9 Å². The van der Waals surface area contributed by atoms with Crippen molar-refractivity contribution in [2.24, 2.45) is 16.6 Å². The van der Waals surface area contributed by atoms with Gasteiger partial charge in [0.2, 0.25) is 0 Å². The summed E-state index contributed by atoms with van der Waals surface area (Å²) < 4.78 is 15.2. The van der Waals surface area contributed by atoms with Crippen LogP contribution in [0.5, 0.6) is 0 Å². The fourth-order valence-electron chi connectivity index (χ4n) is 1.54. The lowest BCUT2D eigenvalue weighted by atomic mass is 9.92. The number of amides is 1. The van der Waals surface area contributed by atoms with Gasteiger partial charge in [0.25, 0.3) is 0 Å². The highest BCUT2D eigenvalue weighted by molar-refractivity contribution is 5.81. The molecule has 0 aliphatic heterocycles. The lowest BCUT2D eigenvalue weighted by Gasteiger charge is -2.24. The Labute approximate surface area is 201 Å². The molecule has 0 radical (unpaired) electrons. The molecule has 2 atom stereocenters. The molecule has 1 amide bonds. The molecular formula is C23H46ClN2O6-. The van der Waals surface area contributed by atoms with Gasteiger partial charge in [-0.1, -0.05) is 41.5 Å². The quantitative estimate of drug-likeness (QED) is 0.375. The summed E-state index contributed by atoms with van der Waals surface area (Å²) in [4.78, 5) is 34.2. The Bertz CT molecular complexity index is 571. The SMILES string of the molecule is CCC(C)(C)COC(=O)[C@H](C)N.CCC(C)(C)COC(=O)[C@H](C)NC(=O)OC(C)(C)C.[Cl-]. The molecule has 8 nitrogen and oxygen atoms in total. The molecule has 0 spiro atoms. The van der Waals surface area contributed by atoms with E-state index in [1.807, 2.05) is 20.8 Å². The molecule has 0 fully saturated rings. The Kier molecular flexibility index (Phi) is 16.8. The van der Waals surface area contributed by atoms with Crippen LogP contribution in [-0.4, -0.2) is 48.9 Å². The molecule has 9 heteroatoms. The molecule has 0 aromatic carbocycles. The Hall–Kier alpha value is -1.54. The van der Waals surface area contributed by atoms with Gasteiger partial charge >= 0.3 is 18.0 Å². The second kappa shape index (κ2) is 15.3. The van der Waals surface area contributed by atoms with Gasteiger partial charge in [-0.15, -0.1) is 0 Å². The number of alkyl carbamates (subject to hydrolysis) is 1. The fourth-order valence-corrected chi connectivity index (χ4v) is 1.54. The first kappa shape index (κ1) is 35.1. The molecule has 0 heterocycles. The normalized spacial score (nSPS) is 13.4. The molecule has 0 aliphatic carbocycles. The van der Waals surface area contributed by atoms with Gasteiger partial charge in [0.15, 0.2) is 0 Å². The molecule has 3 N–H and O–H groups in total.